The second-order valence-corrected chi connectivity index (χ2v) is 8.52. The average Bonchev–Trinajstić information content (AvgIpc) is 3.14. The summed E-state index contributed by atoms with van der Waals surface area (Å²) in [7, 11) is 0. The lowest BCUT2D eigenvalue weighted by atomic mass is 9.99. The van der Waals surface area contributed by atoms with Crippen molar-refractivity contribution in [1.82, 2.24) is 0 Å². The Balaban J connectivity index is 1.40. The molecule has 3 aliphatic heterocycles. The third-order valence-corrected chi connectivity index (χ3v) is 5.33. The van der Waals surface area contributed by atoms with Crippen molar-refractivity contribution in [3.8, 4) is 5.75 Å². The Morgan fingerprint density at radius 2 is 1.48 bits per heavy atom. The van der Waals surface area contributed by atoms with E-state index in [0.29, 0.717) is 5.75 Å². The zero-order valence-corrected chi connectivity index (χ0v) is 16.8. The molecule has 7 nitrogen and oxygen atoms in total. The average molecular weight is 400 g/mol. The van der Waals surface area contributed by atoms with Crippen molar-refractivity contribution in [3.63, 3.8) is 0 Å². The van der Waals surface area contributed by atoms with Crippen molar-refractivity contribution < 1.29 is 33.2 Å². The molecule has 0 N–H and O–H groups in total. The van der Waals surface area contributed by atoms with Crippen LogP contribution in [-0.4, -0.2) is 48.2 Å². The highest BCUT2D eigenvalue weighted by molar-refractivity contribution is 5.85. The van der Waals surface area contributed by atoms with Crippen molar-refractivity contribution in [2.45, 2.75) is 70.0 Å². The number of fused-ring (bicyclic) bond motifs is 4. The topological polar surface area (TPSA) is 72.5 Å². The summed E-state index contributed by atoms with van der Waals surface area (Å²) in [5.74, 6) is -1.82. The van der Waals surface area contributed by atoms with Gasteiger partial charge in [0.05, 0.1) is 0 Å². The van der Waals surface area contributed by atoms with Gasteiger partial charge >= 0.3 is 5.97 Å². The van der Waals surface area contributed by atoms with E-state index in [-0.39, 0.29) is 0 Å². The van der Waals surface area contributed by atoms with E-state index in [4.69, 9.17) is 28.4 Å². The van der Waals surface area contributed by atoms with Gasteiger partial charge in [0.15, 0.2) is 24.0 Å². The molecule has 29 heavy (non-hydrogen) atoms. The van der Waals surface area contributed by atoms with Gasteiger partial charge in [-0.25, -0.2) is 4.79 Å². The number of carbonyl (C=O) groups excluding carboxylic acids is 1. The van der Waals surface area contributed by atoms with Crippen LogP contribution in [0.2, 0.25) is 0 Å². The normalized spacial score (nSPS) is 34.6. The van der Waals surface area contributed by atoms with Crippen LogP contribution >= 0.6 is 0 Å². The summed E-state index contributed by atoms with van der Waals surface area (Å²) in [5.41, 5.74) is 0. The maximum Gasteiger partial charge on any atom is 0.343 e. The van der Waals surface area contributed by atoms with E-state index in [0.717, 1.165) is 10.8 Å². The highest BCUT2D eigenvalue weighted by Crippen LogP contribution is 2.44. The SMILES string of the molecule is CC1(C)O[C@@H]2O[C@@H](C(=O)Oc3ccc4ccccc4c3)[C@H]3OC(C)(C)O[C@H]3[C@H]2O1. The van der Waals surface area contributed by atoms with Gasteiger partial charge in [-0.3, -0.25) is 0 Å². The van der Waals surface area contributed by atoms with Gasteiger partial charge < -0.3 is 28.4 Å². The lowest BCUT2D eigenvalue weighted by molar-refractivity contribution is -0.236. The molecular formula is C22H24O7. The molecule has 5 rings (SSSR count). The predicted octanol–water partition coefficient (Wildman–Crippen LogP) is 3.14. The Hall–Kier alpha value is -2.03. The largest absolute Gasteiger partial charge is 0.425 e. The molecule has 0 aliphatic carbocycles. The van der Waals surface area contributed by atoms with Crippen molar-refractivity contribution in [3.05, 3.63) is 42.5 Å². The van der Waals surface area contributed by atoms with Crippen LogP contribution in [0.4, 0.5) is 0 Å². The van der Waals surface area contributed by atoms with Crippen LogP contribution in [-0.2, 0) is 28.5 Å². The first kappa shape index (κ1) is 19.0. The van der Waals surface area contributed by atoms with Gasteiger partial charge in [-0.2, -0.15) is 0 Å². The van der Waals surface area contributed by atoms with Gasteiger partial charge in [-0.05, 0) is 50.6 Å². The van der Waals surface area contributed by atoms with E-state index in [9.17, 15) is 4.79 Å². The zero-order chi connectivity index (χ0) is 20.4. The van der Waals surface area contributed by atoms with Crippen LogP contribution in [0.15, 0.2) is 42.5 Å². The van der Waals surface area contributed by atoms with Gasteiger partial charge in [0.2, 0.25) is 0 Å². The number of ether oxygens (including phenoxy) is 6. The summed E-state index contributed by atoms with van der Waals surface area (Å²) < 4.78 is 35.4. The van der Waals surface area contributed by atoms with E-state index in [1.165, 1.54) is 0 Å². The van der Waals surface area contributed by atoms with Crippen LogP contribution in [0.1, 0.15) is 27.7 Å². The highest BCUT2D eigenvalue weighted by atomic mass is 16.9. The van der Waals surface area contributed by atoms with Crippen LogP contribution < -0.4 is 4.74 Å². The fourth-order valence-electron chi connectivity index (χ4n) is 4.21. The van der Waals surface area contributed by atoms with E-state index < -0.39 is 48.2 Å². The molecule has 154 valence electrons. The Morgan fingerprint density at radius 3 is 2.28 bits per heavy atom. The molecule has 7 heteroatoms. The standard InChI is InChI=1S/C22H24O7/c1-21(2)26-15-16(27-21)18-20(29-22(3,4)28-18)25-17(15)19(23)24-14-10-9-12-7-5-6-8-13(12)11-14/h5-11,15-18,20H,1-4H3/t15-,16+,17+,18+,20-/m0/s1. The third kappa shape index (κ3) is 3.43. The van der Waals surface area contributed by atoms with Crippen molar-refractivity contribution in [1.29, 1.82) is 0 Å². The summed E-state index contributed by atoms with van der Waals surface area (Å²) in [6, 6.07) is 13.4. The lowest BCUT2D eigenvalue weighted by Gasteiger charge is -2.35. The smallest absolute Gasteiger partial charge is 0.343 e. The molecule has 3 aliphatic rings. The van der Waals surface area contributed by atoms with E-state index in [2.05, 4.69) is 0 Å². The second kappa shape index (κ2) is 6.48. The molecule has 0 amide bonds. The third-order valence-electron chi connectivity index (χ3n) is 5.33. The molecule has 2 aromatic rings. The van der Waals surface area contributed by atoms with Gasteiger partial charge in [-0.1, -0.05) is 30.3 Å². The van der Waals surface area contributed by atoms with Crippen molar-refractivity contribution in [2.24, 2.45) is 0 Å². The fraction of sp³-hybridized carbons (Fsp3) is 0.500. The molecule has 2 aromatic carbocycles. The molecule has 0 aromatic heterocycles. The summed E-state index contributed by atoms with van der Waals surface area (Å²) >= 11 is 0. The Bertz CT molecular complexity index is 953. The molecule has 5 atom stereocenters. The molecular weight excluding hydrogens is 376 g/mol. The van der Waals surface area contributed by atoms with Crippen LogP contribution in [0.5, 0.6) is 5.75 Å². The van der Waals surface area contributed by atoms with E-state index in [1.54, 1.807) is 33.8 Å². The number of rotatable bonds is 2. The fourth-order valence-corrected chi connectivity index (χ4v) is 4.21. The second-order valence-electron chi connectivity index (χ2n) is 8.52. The molecule has 0 spiro atoms. The first-order valence-corrected chi connectivity index (χ1v) is 9.78. The van der Waals surface area contributed by atoms with Crippen LogP contribution in [0, 0.1) is 0 Å². The van der Waals surface area contributed by atoms with Gasteiger partial charge in [0.1, 0.15) is 24.1 Å². The lowest BCUT2D eigenvalue weighted by Crippen LogP contribution is -2.58. The molecule has 3 fully saturated rings. The number of esters is 1. The van der Waals surface area contributed by atoms with Crippen molar-refractivity contribution >= 4 is 16.7 Å². The van der Waals surface area contributed by atoms with Crippen molar-refractivity contribution in [2.75, 3.05) is 0 Å². The molecule has 0 bridgehead atoms. The number of carbonyl (C=O) groups is 1. The number of hydrogen-bond acceptors (Lipinski definition) is 7. The summed E-state index contributed by atoms with van der Waals surface area (Å²) in [4.78, 5) is 13.0. The summed E-state index contributed by atoms with van der Waals surface area (Å²) in [5, 5.41) is 2.05. The predicted molar refractivity (Wildman–Crippen MR) is 102 cm³/mol. The molecule has 0 radical (unpaired) electrons. The highest BCUT2D eigenvalue weighted by Gasteiger charge is 2.62. The number of benzene rings is 2. The molecule has 0 saturated carbocycles. The molecule has 3 saturated heterocycles. The van der Waals surface area contributed by atoms with Crippen LogP contribution in [0.25, 0.3) is 10.8 Å². The zero-order valence-electron chi connectivity index (χ0n) is 16.8. The quantitative estimate of drug-likeness (QED) is 0.566. The Labute approximate surface area is 168 Å². The first-order chi connectivity index (χ1) is 13.7. The van der Waals surface area contributed by atoms with Gasteiger partial charge in [-0.15, -0.1) is 0 Å². The minimum absolute atomic E-state index is 0.443. The molecule has 3 heterocycles. The minimum Gasteiger partial charge on any atom is -0.425 e. The Kier molecular flexibility index (Phi) is 4.24. The van der Waals surface area contributed by atoms with Gasteiger partial charge in [0, 0.05) is 0 Å². The van der Waals surface area contributed by atoms with Gasteiger partial charge in [0.25, 0.3) is 0 Å². The summed E-state index contributed by atoms with van der Waals surface area (Å²) in [6.07, 6.45) is -3.37. The Morgan fingerprint density at radius 1 is 0.828 bits per heavy atom. The maximum absolute atomic E-state index is 13.0. The first-order valence-electron chi connectivity index (χ1n) is 9.78. The summed E-state index contributed by atoms with van der Waals surface area (Å²) in [6.45, 7) is 7.19. The van der Waals surface area contributed by atoms with E-state index >= 15 is 0 Å². The van der Waals surface area contributed by atoms with E-state index in [1.807, 2.05) is 36.4 Å². The minimum atomic E-state index is -0.994. The monoisotopic (exact) mass is 400 g/mol. The number of hydrogen-bond donors (Lipinski definition) is 0. The molecule has 0 unspecified atom stereocenters. The van der Waals surface area contributed by atoms with Crippen LogP contribution in [0.3, 0.4) is 0 Å². The maximum atomic E-state index is 13.0.